The third-order valence-corrected chi connectivity index (χ3v) is 3.68. The molecule has 2 aliphatic rings. The van der Waals surface area contributed by atoms with Gasteiger partial charge in [-0.15, -0.1) is 0 Å². The van der Waals surface area contributed by atoms with Crippen LogP contribution >= 0.6 is 0 Å². The summed E-state index contributed by atoms with van der Waals surface area (Å²) in [6.45, 7) is 8.14. The van der Waals surface area contributed by atoms with Crippen molar-refractivity contribution in [2.24, 2.45) is 5.92 Å². The number of carbonyl (C=O) groups is 1. The third-order valence-electron chi connectivity index (χ3n) is 3.68. The molecular formula is C15H20O2. The number of hydrogen-bond acceptors (Lipinski definition) is 2. The maximum absolute atomic E-state index is 11.6. The van der Waals surface area contributed by atoms with Crippen LogP contribution in [0.5, 0.6) is 0 Å². The summed E-state index contributed by atoms with van der Waals surface area (Å²) in [7, 11) is 0. The monoisotopic (exact) mass is 232 g/mol. The molecule has 1 saturated heterocycles. The summed E-state index contributed by atoms with van der Waals surface area (Å²) in [5.41, 5.74) is 3.35. The lowest BCUT2D eigenvalue weighted by Gasteiger charge is -2.17. The molecule has 2 heteroatoms. The Morgan fingerprint density at radius 3 is 2.82 bits per heavy atom. The predicted octanol–water partition coefficient (Wildman–Crippen LogP) is 3.55. The zero-order chi connectivity index (χ0) is 12.4. The molecule has 0 radical (unpaired) electrons. The van der Waals surface area contributed by atoms with E-state index in [1.165, 1.54) is 11.1 Å². The Balaban J connectivity index is 2.24. The number of ether oxygens (including phenoxy) is 1. The van der Waals surface area contributed by atoms with Crippen molar-refractivity contribution in [1.29, 1.82) is 0 Å². The van der Waals surface area contributed by atoms with Crippen molar-refractivity contribution in [3.63, 3.8) is 0 Å². The van der Waals surface area contributed by atoms with E-state index in [9.17, 15) is 4.79 Å². The fourth-order valence-electron chi connectivity index (χ4n) is 2.51. The Morgan fingerprint density at radius 2 is 2.06 bits per heavy atom. The first-order chi connectivity index (χ1) is 8.08. The summed E-state index contributed by atoms with van der Waals surface area (Å²) in [5, 5.41) is 0. The van der Waals surface area contributed by atoms with Gasteiger partial charge in [-0.05, 0) is 45.6 Å². The van der Waals surface area contributed by atoms with Crippen molar-refractivity contribution >= 4 is 5.97 Å². The molecule has 0 aromatic heterocycles. The lowest BCUT2D eigenvalue weighted by atomic mass is 9.88. The Hall–Kier alpha value is -1.31. The minimum Gasteiger partial charge on any atom is -0.454 e. The molecule has 92 valence electrons. The highest BCUT2D eigenvalue weighted by atomic mass is 16.5. The van der Waals surface area contributed by atoms with Gasteiger partial charge in [0.2, 0.25) is 0 Å². The summed E-state index contributed by atoms with van der Waals surface area (Å²) >= 11 is 0. The fourth-order valence-corrected chi connectivity index (χ4v) is 2.51. The quantitative estimate of drug-likeness (QED) is 0.363. The average Bonchev–Trinajstić information content (AvgIpc) is 2.52. The van der Waals surface area contributed by atoms with Gasteiger partial charge in [0.15, 0.2) is 0 Å². The van der Waals surface area contributed by atoms with Crippen LogP contribution in [-0.4, -0.2) is 12.1 Å². The second-order valence-electron chi connectivity index (χ2n) is 5.14. The first-order valence-electron chi connectivity index (χ1n) is 6.30. The van der Waals surface area contributed by atoms with Gasteiger partial charge in [-0.25, -0.2) is 4.79 Å². The second kappa shape index (κ2) is 4.91. The molecule has 2 atom stereocenters. The molecule has 0 aromatic rings. The molecular weight excluding hydrogens is 212 g/mol. The van der Waals surface area contributed by atoms with E-state index in [1.54, 1.807) is 0 Å². The van der Waals surface area contributed by atoms with E-state index >= 15 is 0 Å². The number of esters is 1. The van der Waals surface area contributed by atoms with E-state index in [4.69, 9.17) is 4.74 Å². The van der Waals surface area contributed by atoms with Gasteiger partial charge >= 0.3 is 5.97 Å². The number of allylic oxidation sites excluding steroid dienone is 3. The minimum absolute atomic E-state index is 0.0825. The molecule has 2 rings (SSSR count). The highest BCUT2D eigenvalue weighted by Crippen LogP contribution is 2.33. The van der Waals surface area contributed by atoms with Crippen LogP contribution in [0.3, 0.4) is 0 Å². The van der Waals surface area contributed by atoms with E-state index in [1.807, 2.05) is 0 Å². The molecule has 0 amide bonds. The molecule has 0 bridgehead atoms. The normalized spacial score (nSPS) is 36.4. The Morgan fingerprint density at radius 1 is 1.29 bits per heavy atom. The molecule has 1 aliphatic carbocycles. The van der Waals surface area contributed by atoms with E-state index in [-0.39, 0.29) is 18.0 Å². The van der Waals surface area contributed by atoms with Gasteiger partial charge in [0.1, 0.15) is 6.10 Å². The fraction of sp³-hybridized carbons (Fsp3) is 0.533. The van der Waals surface area contributed by atoms with Gasteiger partial charge in [0.25, 0.3) is 0 Å². The number of hydrogen-bond donors (Lipinski definition) is 0. The van der Waals surface area contributed by atoms with Crippen molar-refractivity contribution in [2.75, 3.05) is 0 Å². The van der Waals surface area contributed by atoms with Crippen molar-refractivity contribution < 1.29 is 9.53 Å². The van der Waals surface area contributed by atoms with Crippen LogP contribution in [0.25, 0.3) is 0 Å². The average molecular weight is 232 g/mol. The van der Waals surface area contributed by atoms with Gasteiger partial charge in [0.05, 0.1) is 0 Å². The van der Waals surface area contributed by atoms with Gasteiger partial charge in [-0.3, -0.25) is 0 Å². The Labute approximate surface area is 103 Å². The Kier molecular flexibility index (Phi) is 3.51. The van der Waals surface area contributed by atoms with Crippen molar-refractivity contribution in [3.8, 4) is 0 Å². The van der Waals surface area contributed by atoms with Crippen LogP contribution in [0.1, 0.15) is 39.5 Å². The van der Waals surface area contributed by atoms with Gasteiger partial charge in [0, 0.05) is 11.5 Å². The standard InChI is InChI=1S/C15H20O2/c1-10-5-4-6-11(2)9-14-13(8-7-10)12(3)15(16)17-14/h5,9,13-14H,3-4,6-8H2,1-2H3/b10-5-,11-9+/t13-,14+/m0/s1. The van der Waals surface area contributed by atoms with Crippen LogP contribution < -0.4 is 0 Å². The first-order valence-corrected chi connectivity index (χ1v) is 6.30. The van der Waals surface area contributed by atoms with Crippen molar-refractivity contribution in [2.45, 2.75) is 45.6 Å². The number of rotatable bonds is 0. The zero-order valence-electron chi connectivity index (χ0n) is 10.7. The van der Waals surface area contributed by atoms with Crippen LogP contribution in [0, 0.1) is 5.92 Å². The van der Waals surface area contributed by atoms with Crippen molar-refractivity contribution in [1.82, 2.24) is 0 Å². The van der Waals surface area contributed by atoms with Gasteiger partial charge in [-0.1, -0.05) is 23.8 Å². The molecule has 1 aliphatic heterocycles. The van der Waals surface area contributed by atoms with E-state index in [0.29, 0.717) is 5.57 Å². The summed E-state index contributed by atoms with van der Waals surface area (Å²) in [6, 6.07) is 0. The SMILES string of the molecule is C=C1C(=O)O[C@@H]2/C=C(\C)CC/C=C(/C)CC[C@@H]12. The van der Waals surface area contributed by atoms with E-state index < -0.39 is 0 Å². The largest absolute Gasteiger partial charge is 0.454 e. The predicted molar refractivity (Wildman–Crippen MR) is 68.5 cm³/mol. The number of fused-ring (bicyclic) bond motifs is 1. The topological polar surface area (TPSA) is 26.3 Å². The molecule has 2 nitrogen and oxygen atoms in total. The van der Waals surface area contributed by atoms with Crippen LogP contribution in [0.4, 0.5) is 0 Å². The lowest BCUT2D eigenvalue weighted by Crippen LogP contribution is -2.15. The lowest BCUT2D eigenvalue weighted by molar-refractivity contribution is -0.137. The first kappa shape index (κ1) is 12.2. The van der Waals surface area contributed by atoms with Crippen LogP contribution in [0.15, 0.2) is 35.5 Å². The maximum Gasteiger partial charge on any atom is 0.334 e. The highest BCUT2D eigenvalue weighted by molar-refractivity contribution is 5.91. The summed E-state index contributed by atoms with van der Waals surface area (Å²) in [4.78, 5) is 11.6. The molecule has 0 N–H and O–H groups in total. The summed E-state index contributed by atoms with van der Waals surface area (Å²) in [6.07, 6.45) is 8.45. The third kappa shape index (κ3) is 2.68. The summed E-state index contributed by atoms with van der Waals surface area (Å²) in [5.74, 6) is -0.0520. The summed E-state index contributed by atoms with van der Waals surface area (Å²) < 4.78 is 5.38. The maximum atomic E-state index is 11.6. The Bertz CT molecular complexity index is 401. The van der Waals surface area contributed by atoms with Crippen LogP contribution in [0.2, 0.25) is 0 Å². The van der Waals surface area contributed by atoms with Gasteiger partial charge < -0.3 is 4.74 Å². The number of carbonyl (C=O) groups excluding carboxylic acids is 1. The molecule has 0 spiro atoms. The molecule has 1 fully saturated rings. The van der Waals surface area contributed by atoms with E-state index in [2.05, 4.69) is 32.6 Å². The minimum atomic E-state index is -0.218. The van der Waals surface area contributed by atoms with Crippen LogP contribution in [-0.2, 0) is 9.53 Å². The molecule has 0 unspecified atom stereocenters. The molecule has 0 saturated carbocycles. The van der Waals surface area contributed by atoms with E-state index in [0.717, 1.165) is 25.7 Å². The zero-order valence-corrected chi connectivity index (χ0v) is 10.7. The second-order valence-corrected chi connectivity index (χ2v) is 5.14. The van der Waals surface area contributed by atoms with Gasteiger partial charge in [-0.2, -0.15) is 0 Å². The molecule has 1 heterocycles. The molecule has 17 heavy (non-hydrogen) atoms. The highest BCUT2D eigenvalue weighted by Gasteiger charge is 2.36. The molecule has 0 aromatic carbocycles. The van der Waals surface area contributed by atoms with Crippen molar-refractivity contribution in [3.05, 3.63) is 35.5 Å². The smallest absolute Gasteiger partial charge is 0.334 e.